The highest BCUT2D eigenvalue weighted by Gasteiger charge is 2.10. The summed E-state index contributed by atoms with van der Waals surface area (Å²) in [4.78, 5) is 21.9. The molecule has 0 spiro atoms. The first kappa shape index (κ1) is 13.1. The molecule has 1 aromatic rings. The van der Waals surface area contributed by atoms with Gasteiger partial charge in [0.05, 0.1) is 12.1 Å². The Morgan fingerprint density at radius 1 is 1.53 bits per heavy atom. The number of carboxylic acid groups (broad SMARTS) is 1. The molecule has 0 saturated carbocycles. The van der Waals surface area contributed by atoms with Gasteiger partial charge in [0, 0.05) is 12.7 Å². The van der Waals surface area contributed by atoms with E-state index in [9.17, 15) is 9.59 Å². The Morgan fingerprint density at radius 2 is 2.29 bits per heavy atom. The first-order valence-electron chi connectivity index (χ1n) is 5.43. The van der Waals surface area contributed by atoms with Gasteiger partial charge in [0.25, 0.3) is 0 Å². The number of carbonyl (C=O) groups excluding carboxylic acids is 1. The fourth-order valence-electron chi connectivity index (χ4n) is 1.28. The zero-order valence-electron chi connectivity index (χ0n) is 9.67. The van der Waals surface area contributed by atoms with Crippen molar-refractivity contribution in [2.24, 2.45) is 5.92 Å². The molecule has 0 aliphatic heterocycles. The summed E-state index contributed by atoms with van der Waals surface area (Å²) in [5, 5.41) is 18.6. The minimum atomic E-state index is -0.807. The van der Waals surface area contributed by atoms with Crippen LogP contribution in [-0.2, 0) is 16.1 Å². The van der Waals surface area contributed by atoms with Gasteiger partial charge in [0.15, 0.2) is 0 Å². The van der Waals surface area contributed by atoms with Crippen LogP contribution in [0.15, 0.2) is 12.4 Å². The second kappa shape index (κ2) is 6.62. The molecule has 0 aliphatic rings. The molecule has 0 aromatic carbocycles. The van der Waals surface area contributed by atoms with Crippen LogP contribution in [0.2, 0.25) is 0 Å². The normalized spacial score (nSPS) is 12.1. The van der Waals surface area contributed by atoms with Crippen molar-refractivity contribution >= 4 is 11.9 Å². The van der Waals surface area contributed by atoms with Crippen molar-refractivity contribution in [1.82, 2.24) is 20.3 Å². The smallest absolute Gasteiger partial charge is 0.306 e. The molecule has 1 atom stereocenters. The Labute approximate surface area is 98.8 Å². The number of amides is 1. The summed E-state index contributed by atoms with van der Waals surface area (Å²) >= 11 is 0. The highest BCUT2D eigenvalue weighted by atomic mass is 16.4. The molecule has 0 radical (unpaired) electrons. The van der Waals surface area contributed by atoms with Crippen LogP contribution in [-0.4, -0.2) is 38.5 Å². The van der Waals surface area contributed by atoms with E-state index in [1.54, 1.807) is 13.1 Å². The van der Waals surface area contributed by atoms with E-state index >= 15 is 0 Å². The highest BCUT2D eigenvalue weighted by molar-refractivity contribution is 5.75. The number of hydrogen-bond donors (Lipinski definition) is 2. The maximum atomic E-state index is 11.4. The minimum Gasteiger partial charge on any atom is -0.481 e. The Balaban J connectivity index is 2.10. The van der Waals surface area contributed by atoms with Gasteiger partial charge >= 0.3 is 5.97 Å². The standard InChI is InChI=1S/C10H16N4O3/c1-8(10(16)17)3-2-4-11-9(15)7-14-6-5-12-13-14/h5-6,8H,2-4,7H2,1H3,(H,11,15)(H,16,17). The van der Waals surface area contributed by atoms with Crippen LogP contribution in [0.5, 0.6) is 0 Å². The monoisotopic (exact) mass is 240 g/mol. The lowest BCUT2D eigenvalue weighted by molar-refractivity contribution is -0.141. The molecule has 0 fully saturated rings. The van der Waals surface area contributed by atoms with E-state index in [0.29, 0.717) is 19.4 Å². The minimum absolute atomic E-state index is 0.133. The van der Waals surface area contributed by atoms with Gasteiger partial charge < -0.3 is 10.4 Å². The maximum Gasteiger partial charge on any atom is 0.306 e. The van der Waals surface area contributed by atoms with Gasteiger partial charge in [-0.05, 0) is 12.8 Å². The number of carbonyl (C=O) groups is 2. The molecular weight excluding hydrogens is 224 g/mol. The molecule has 94 valence electrons. The second-order valence-corrected chi connectivity index (χ2v) is 3.83. The van der Waals surface area contributed by atoms with E-state index in [-0.39, 0.29) is 18.4 Å². The summed E-state index contributed by atoms with van der Waals surface area (Å²) in [7, 11) is 0. The predicted molar refractivity (Wildman–Crippen MR) is 59.1 cm³/mol. The van der Waals surface area contributed by atoms with Crippen LogP contribution < -0.4 is 5.32 Å². The van der Waals surface area contributed by atoms with Crippen molar-refractivity contribution in [2.45, 2.75) is 26.3 Å². The average Bonchev–Trinajstić information content (AvgIpc) is 2.76. The first-order chi connectivity index (χ1) is 8.09. The zero-order chi connectivity index (χ0) is 12.7. The molecule has 1 unspecified atom stereocenters. The number of nitrogens with zero attached hydrogens (tertiary/aromatic N) is 3. The van der Waals surface area contributed by atoms with Gasteiger partial charge in [0.2, 0.25) is 5.91 Å². The summed E-state index contributed by atoms with van der Waals surface area (Å²) in [6.07, 6.45) is 4.31. The Hall–Kier alpha value is -1.92. The fourth-order valence-corrected chi connectivity index (χ4v) is 1.28. The Bertz CT molecular complexity index is 364. The molecule has 7 nitrogen and oxygen atoms in total. The van der Waals surface area contributed by atoms with Crippen molar-refractivity contribution in [1.29, 1.82) is 0 Å². The lowest BCUT2D eigenvalue weighted by atomic mass is 10.1. The van der Waals surface area contributed by atoms with Crippen molar-refractivity contribution in [3.05, 3.63) is 12.4 Å². The number of hydrogen-bond acceptors (Lipinski definition) is 4. The van der Waals surface area contributed by atoms with Crippen LogP contribution in [0.4, 0.5) is 0 Å². The summed E-state index contributed by atoms with van der Waals surface area (Å²) in [6.45, 7) is 2.26. The molecule has 1 heterocycles. The predicted octanol–water partition coefficient (Wildman–Crippen LogP) is -0.105. The van der Waals surface area contributed by atoms with E-state index in [4.69, 9.17) is 5.11 Å². The van der Waals surface area contributed by atoms with Crippen LogP contribution >= 0.6 is 0 Å². The van der Waals surface area contributed by atoms with Gasteiger partial charge in [-0.3, -0.25) is 9.59 Å². The van der Waals surface area contributed by atoms with Gasteiger partial charge in [-0.15, -0.1) is 5.10 Å². The quantitative estimate of drug-likeness (QED) is 0.648. The topological polar surface area (TPSA) is 97.1 Å². The molecular formula is C10H16N4O3. The van der Waals surface area contributed by atoms with E-state index in [1.165, 1.54) is 10.9 Å². The Morgan fingerprint density at radius 3 is 2.88 bits per heavy atom. The first-order valence-corrected chi connectivity index (χ1v) is 5.43. The van der Waals surface area contributed by atoms with E-state index in [0.717, 1.165) is 0 Å². The van der Waals surface area contributed by atoms with Gasteiger partial charge in [-0.1, -0.05) is 12.1 Å². The van der Waals surface area contributed by atoms with Gasteiger partial charge in [0.1, 0.15) is 6.54 Å². The number of aromatic nitrogens is 3. The van der Waals surface area contributed by atoms with Gasteiger partial charge in [-0.25, -0.2) is 4.68 Å². The average molecular weight is 240 g/mol. The molecule has 0 bridgehead atoms. The summed E-state index contributed by atoms with van der Waals surface area (Å²) in [5.74, 6) is -1.33. The van der Waals surface area contributed by atoms with Crippen LogP contribution in [0.25, 0.3) is 0 Å². The van der Waals surface area contributed by atoms with Crippen LogP contribution in [0, 0.1) is 5.92 Å². The van der Waals surface area contributed by atoms with E-state index in [1.807, 2.05) is 0 Å². The van der Waals surface area contributed by atoms with E-state index < -0.39 is 5.97 Å². The number of nitrogens with one attached hydrogen (secondary N) is 1. The van der Waals surface area contributed by atoms with Crippen LogP contribution in [0.1, 0.15) is 19.8 Å². The van der Waals surface area contributed by atoms with Gasteiger partial charge in [-0.2, -0.15) is 0 Å². The molecule has 7 heteroatoms. The summed E-state index contributed by atoms with van der Waals surface area (Å²) in [5.41, 5.74) is 0. The zero-order valence-corrected chi connectivity index (χ0v) is 9.67. The molecule has 1 amide bonds. The highest BCUT2D eigenvalue weighted by Crippen LogP contribution is 2.03. The second-order valence-electron chi connectivity index (χ2n) is 3.83. The third kappa shape index (κ3) is 5.10. The number of rotatable bonds is 7. The Kier molecular flexibility index (Phi) is 5.12. The largest absolute Gasteiger partial charge is 0.481 e. The maximum absolute atomic E-state index is 11.4. The lowest BCUT2D eigenvalue weighted by Gasteiger charge is -2.07. The molecule has 1 rings (SSSR count). The molecule has 0 saturated heterocycles. The van der Waals surface area contributed by atoms with E-state index in [2.05, 4.69) is 15.6 Å². The molecule has 0 aliphatic carbocycles. The molecule has 1 aromatic heterocycles. The summed E-state index contributed by atoms with van der Waals surface area (Å²) in [6, 6.07) is 0. The SMILES string of the molecule is CC(CCCNC(=O)Cn1ccnn1)C(=O)O. The summed E-state index contributed by atoms with van der Waals surface area (Å²) < 4.78 is 1.43. The lowest BCUT2D eigenvalue weighted by Crippen LogP contribution is -2.29. The third-order valence-corrected chi connectivity index (χ3v) is 2.34. The van der Waals surface area contributed by atoms with Crippen molar-refractivity contribution in [3.8, 4) is 0 Å². The van der Waals surface area contributed by atoms with Crippen molar-refractivity contribution in [2.75, 3.05) is 6.54 Å². The molecule has 2 N–H and O–H groups in total. The third-order valence-electron chi connectivity index (χ3n) is 2.34. The van der Waals surface area contributed by atoms with Crippen molar-refractivity contribution < 1.29 is 14.7 Å². The number of carboxylic acids is 1. The fraction of sp³-hybridized carbons (Fsp3) is 0.600. The van der Waals surface area contributed by atoms with Crippen molar-refractivity contribution in [3.63, 3.8) is 0 Å². The van der Waals surface area contributed by atoms with Crippen LogP contribution in [0.3, 0.4) is 0 Å². The number of aliphatic carboxylic acids is 1. The molecule has 17 heavy (non-hydrogen) atoms.